The Bertz CT molecular complexity index is 645. The van der Waals surface area contributed by atoms with Crippen LogP contribution < -0.4 is 5.73 Å². The summed E-state index contributed by atoms with van der Waals surface area (Å²) in [6.45, 7) is 4.47. The van der Waals surface area contributed by atoms with Crippen LogP contribution in [0.5, 0.6) is 0 Å². The van der Waals surface area contributed by atoms with Crippen LogP contribution >= 0.6 is 0 Å². The van der Waals surface area contributed by atoms with Gasteiger partial charge in [0.25, 0.3) is 0 Å². The lowest BCUT2D eigenvalue weighted by Crippen LogP contribution is -2.51. The number of benzene rings is 1. The largest absolute Gasteiger partial charge is 0.368 e. The minimum atomic E-state index is -0.211. The molecule has 3 rings (SSSR count). The fourth-order valence-corrected chi connectivity index (χ4v) is 3.90. The highest BCUT2D eigenvalue weighted by molar-refractivity contribution is 5.91. The van der Waals surface area contributed by atoms with Crippen molar-refractivity contribution in [3.63, 3.8) is 0 Å². The normalized spacial score (nSPS) is 22.6. The van der Waals surface area contributed by atoms with Crippen LogP contribution in [0, 0.1) is 6.92 Å². The number of aryl methyl sites for hydroxylation is 1. The first-order valence-corrected chi connectivity index (χ1v) is 9.13. The Morgan fingerprint density at radius 3 is 2.40 bits per heavy atom. The standard InChI is InChI=1S/C20H27N3O2/c1-15-4-6-16(7-5-15)8-9-19(24)22-13-10-17(11-14-22)23-12-2-3-18(23)20(21)25/h4-9,17-18H,2-3,10-14H2,1H3,(H2,21,25)/b9-8+. The maximum absolute atomic E-state index is 12.4. The summed E-state index contributed by atoms with van der Waals surface area (Å²) in [6, 6.07) is 8.37. The van der Waals surface area contributed by atoms with Gasteiger partial charge in [0.15, 0.2) is 0 Å². The summed E-state index contributed by atoms with van der Waals surface area (Å²) in [5.74, 6) is -0.149. The number of nitrogens with two attached hydrogens (primary N) is 1. The lowest BCUT2D eigenvalue weighted by molar-refractivity contribution is -0.129. The molecule has 2 N–H and O–H groups in total. The van der Waals surface area contributed by atoms with Crippen LogP contribution in [0.4, 0.5) is 0 Å². The molecular formula is C20H27N3O2. The molecule has 1 unspecified atom stereocenters. The van der Waals surface area contributed by atoms with Gasteiger partial charge in [-0.2, -0.15) is 0 Å². The monoisotopic (exact) mass is 341 g/mol. The van der Waals surface area contributed by atoms with Crippen molar-refractivity contribution >= 4 is 17.9 Å². The third kappa shape index (κ3) is 4.28. The highest BCUT2D eigenvalue weighted by Crippen LogP contribution is 2.26. The van der Waals surface area contributed by atoms with Crippen molar-refractivity contribution in [2.75, 3.05) is 19.6 Å². The summed E-state index contributed by atoms with van der Waals surface area (Å²) >= 11 is 0. The van der Waals surface area contributed by atoms with E-state index in [0.717, 1.165) is 50.9 Å². The molecule has 0 aliphatic carbocycles. The minimum absolute atomic E-state index is 0.0619. The molecule has 0 radical (unpaired) electrons. The molecule has 2 aliphatic heterocycles. The highest BCUT2D eigenvalue weighted by atomic mass is 16.2. The molecule has 0 spiro atoms. The number of hydrogen-bond acceptors (Lipinski definition) is 3. The summed E-state index contributed by atoms with van der Waals surface area (Å²) in [7, 11) is 0. The fraction of sp³-hybridized carbons (Fsp3) is 0.500. The molecule has 0 aromatic heterocycles. The van der Waals surface area contributed by atoms with Crippen LogP contribution in [-0.4, -0.2) is 53.3 Å². The summed E-state index contributed by atoms with van der Waals surface area (Å²) in [6.07, 6.45) is 7.26. The zero-order valence-electron chi connectivity index (χ0n) is 14.9. The molecule has 1 aromatic rings. The van der Waals surface area contributed by atoms with Crippen molar-refractivity contribution in [1.82, 2.24) is 9.80 Å². The van der Waals surface area contributed by atoms with Gasteiger partial charge in [-0.1, -0.05) is 29.8 Å². The highest BCUT2D eigenvalue weighted by Gasteiger charge is 2.35. The van der Waals surface area contributed by atoms with Crippen LogP contribution in [0.25, 0.3) is 6.08 Å². The van der Waals surface area contributed by atoms with Crippen LogP contribution in [0.15, 0.2) is 30.3 Å². The first kappa shape index (κ1) is 17.7. The maximum Gasteiger partial charge on any atom is 0.246 e. The number of carbonyl (C=O) groups is 2. The molecule has 1 aromatic carbocycles. The van der Waals surface area contributed by atoms with Crippen molar-refractivity contribution in [3.05, 3.63) is 41.5 Å². The molecular weight excluding hydrogens is 314 g/mol. The van der Waals surface area contributed by atoms with E-state index in [9.17, 15) is 9.59 Å². The van der Waals surface area contributed by atoms with Gasteiger partial charge in [-0.3, -0.25) is 14.5 Å². The minimum Gasteiger partial charge on any atom is -0.368 e. The number of primary amides is 1. The average molecular weight is 341 g/mol. The SMILES string of the molecule is Cc1ccc(/C=C/C(=O)N2CCC(N3CCCC3C(N)=O)CC2)cc1. The van der Waals surface area contributed by atoms with Crippen LogP contribution in [0.2, 0.25) is 0 Å². The number of rotatable bonds is 4. The Balaban J connectivity index is 1.52. The number of hydrogen-bond donors (Lipinski definition) is 1. The first-order chi connectivity index (χ1) is 12.0. The van der Waals surface area contributed by atoms with Crippen molar-refractivity contribution in [2.24, 2.45) is 5.73 Å². The van der Waals surface area contributed by atoms with Gasteiger partial charge < -0.3 is 10.6 Å². The van der Waals surface area contributed by atoms with Crippen LogP contribution in [-0.2, 0) is 9.59 Å². The summed E-state index contributed by atoms with van der Waals surface area (Å²) < 4.78 is 0. The first-order valence-electron chi connectivity index (χ1n) is 9.13. The van der Waals surface area contributed by atoms with Crippen molar-refractivity contribution < 1.29 is 9.59 Å². The number of likely N-dealkylation sites (tertiary alicyclic amines) is 2. The van der Waals surface area contributed by atoms with E-state index in [1.165, 1.54) is 5.56 Å². The quantitative estimate of drug-likeness (QED) is 0.851. The van der Waals surface area contributed by atoms with Crippen molar-refractivity contribution in [3.8, 4) is 0 Å². The number of carbonyl (C=O) groups excluding carboxylic acids is 2. The van der Waals surface area contributed by atoms with E-state index in [-0.39, 0.29) is 17.9 Å². The molecule has 0 bridgehead atoms. The Hall–Kier alpha value is -2.14. The summed E-state index contributed by atoms with van der Waals surface area (Å²) in [5, 5.41) is 0. The third-order valence-electron chi connectivity index (χ3n) is 5.36. The lowest BCUT2D eigenvalue weighted by atomic mass is 10.0. The van der Waals surface area contributed by atoms with Crippen molar-refractivity contribution in [2.45, 2.75) is 44.7 Å². The molecule has 5 nitrogen and oxygen atoms in total. The molecule has 0 saturated carbocycles. The Morgan fingerprint density at radius 2 is 1.76 bits per heavy atom. The molecule has 2 saturated heterocycles. The Kier molecular flexibility index (Phi) is 5.53. The van der Waals surface area contributed by atoms with E-state index in [1.54, 1.807) is 6.08 Å². The van der Waals surface area contributed by atoms with E-state index < -0.39 is 0 Å². The topological polar surface area (TPSA) is 66.6 Å². The van der Waals surface area contributed by atoms with Gasteiger partial charge in [-0.25, -0.2) is 0 Å². The second-order valence-corrected chi connectivity index (χ2v) is 7.10. The molecule has 2 heterocycles. The predicted molar refractivity (Wildman–Crippen MR) is 98.7 cm³/mol. The summed E-state index contributed by atoms with van der Waals surface area (Å²) in [4.78, 5) is 28.1. The smallest absolute Gasteiger partial charge is 0.246 e. The van der Waals surface area contributed by atoms with E-state index in [1.807, 2.05) is 42.2 Å². The molecule has 2 fully saturated rings. The van der Waals surface area contributed by atoms with Crippen LogP contribution in [0.3, 0.4) is 0 Å². The van der Waals surface area contributed by atoms with Gasteiger partial charge in [0.1, 0.15) is 0 Å². The molecule has 134 valence electrons. The Labute approximate surface area is 149 Å². The molecule has 25 heavy (non-hydrogen) atoms. The van der Waals surface area contributed by atoms with E-state index >= 15 is 0 Å². The predicted octanol–water partition coefficient (Wildman–Crippen LogP) is 1.95. The second-order valence-electron chi connectivity index (χ2n) is 7.10. The van der Waals surface area contributed by atoms with Crippen LogP contribution in [0.1, 0.15) is 36.8 Å². The second kappa shape index (κ2) is 7.83. The maximum atomic E-state index is 12.4. The average Bonchev–Trinajstić information content (AvgIpc) is 3.11. The number of amides is 2. The van der Waals surface area contributed by atoms with Crippen molar-refractivity contribution in [1.29, 1.82) is 0 Å². The van der Waals surface area contributed by atoms with Gasteiger partial charge >= 0.3 is 0 Å². The number of piperidine rings is 1. The van der Waals surface area contributed by atoms with E-state index in [2.05, 4.69) is 4.90 Å². The zero-order chi connectivity index (χ0) is 17.8. The molecule has 5 heteroatoms. The van der Waals surface area contributed by atoms with E-state index in [0.29, 0.717) is 6.04 Å². The van der Waals surface area contributed by atoms with Gasteiger partial charge in [-0.05, 0) is 50.8 Å². The molecule has 2 aliphatic rings. The Morgan fingerprint density at radius 1 is 1.08 bits per heavy atom. The lowest BCUT2D eigenvalue weighted by Gasteiger charge is -2.38. The molecule has 1 atom stereocenters. The fourth-order valence-electron chi connectivity index (χ4n) is 3.90. The zero-order valence-corrected chi connectivity index (χ0v) is 14.9. The summed E-state index contributed by atoms with van der Waals surface area (Å²) in [5.41, 5.74) is 7.77. The van der Waals surface area contributed by atoms with Gasteiger partial charge in [0.05, 0.1) is 6.04 Å². The van der Waals surface area contributed by atoms with Gasteiger partial charge in [0, 0.05) is 25.2 Å². The number of nitrogens with zero attached hydrogens (tertiary/aromatic N) is 2. The third-order valence-corrected chi connectivity index (χ3v) is 5.36. The molecule has 2 amide bonds. The van der Waals surface area contributed by atoms with E-state index in [4.69, 9.17) is 5.73 Å². The van der Waals surface area contributed by atoms with Gasteiger partial charge in [-0.15, -0.1) is 0 Å². The van der Waals surface area contributed by atoms with Gasteiger partial charge in [0.2, 0.25) is 11.8 Å².